The van der Waals surface area contributed by atoms with E-state index in [0.29, 0.717) is 5.52 Å². The standard InChI is InChI=1S/C11H12N2O/c1-12-7-8-4-5-10(14)11-9(8)3-2-6-13-11/h2-6,12,14H,7H2,1H3. The van der Waals surface area contributed by atoms with Crippen LogP contribution in [0.3, 0.4) is 0 Å². The maximum Gasteiger partial charge on any atom is 0.141 e. The number of rotatable bonds is 2. The van der Waals surface area contributed by atoms with Gasteiger partial charge in [-0.15, -0.1) is 0 Å². The summed E-state index contributed by atoms with van der Waals surface area (Å²) in [5, 5.41) is 13.7. The van der Waals surface area contributed by atoms with Crippen LogP contribution in [0.4, 0.5) is 0 Å². The highest BCUT2D eigenvalue weighted by molar-refractivity contribution is 5.87. The predicted octanol–water partition coefficient (Wildman–Crippen LogP) is 1.66. The van der Waals surface area contributed by atoms with Gasteiger partial charge in [-0.2, -0.15) is 0 Å². The zero-order chi connectivity index (χ0) is 9.97. The largest absolute Gasteiger partial charge is 0.506 e. The van der Waals surface area contributed by atoms with Gasteiger partial charge in [0, 0.05) is 18.1 Å². The van der Waals surface area contributed by atoms with Crippen LogP contribution in [0.1, 0.15) is 5.56 Å². The molecule has 0 aliphatic rings. The van der Waals surface area contributed by atoms with Crippen LogP contribution in [0.25, 0.3) is 10.9 Å². The summed E-state index contributed by atoms with van der Waals surface area (Å²) < 4.78 is 0. The van der Waals surface area contributed by atoms with Crippen LogP contribution in [-0.2, 0) is 6.54 Å². The number of nitrogens with zero attached hydrogens (tertiary/aromatic N) is 1. The molecule has 0 radical (unpaired) electrons. The van der Waals surface area contributed by atoms with E-state index < -0.39 is 0 Å². The maximum absolute atomic E-state index is 9.58. The van der Waals surface area contributed by atoms with Gasteiger partial charge in [0.05, 0.1) is 0 Å². The molecule has 1 heterocycles. The number of pyridine rings is 1. The van der Waals surface area contributed by atoms with Gasteiger partial charge < -0.3 is 10.4 Å². The normalized spacial score (nSPS) is 10.6. The zero-order valence-corrected chi connectivity index (χ0v) is 7.99. The third-order valence-corrected chi connectivity index (χ3v) is 2.21. The first kappa shape index (κ1) is 8.97. The summed E-state index contributed by atoms with van der Waals surface area (Å²) in [6.45, 7) is 0.780. The van der Waals surface area contributed by atoms with Crippen LogP contribution < -0.4 is 5.32 Å². The van der Waals surface area contributed by atoms with Crippen molar-refractivity contribution in [2.75, 3.05) is 7.05 Å². The van der Waals surface area contributed by atoms with Crippen LogP contribution in [0.15, 0.2) is 30.5 Å². The summed E-state index contributed by atoms with van der Waals surface area (Å²) in [7, 11) is 1.90. The van der Waals surface area contributed by atoms with Gasteiger partial charge in [0.25, 0.3) is 0 Å². The second-order valence-electron chi connectivity index (χ2n) is 3.17. The average molecular weight is 188 g/mol. The summed E-state index contributed by atoms with van der Waals surface area (Å²) in [5.74, 6) is 0.237. The first-order valence-corrected chi connectivity index (χ1v) is 4.53. The number of hydrogen-bond donors (Lipinski definition) is 2. The number of benzene rings is 1. The molecule has 0 fully saturated rings. The number of hydrogen-bond acceptors (Lipinski definition) is 3. The van der Waals surface area contributed by atoms with E-state index in [9.17, 15) is 5.11 Å². The number of fused-ring (bicyclic) bond motifs is 1. The molecule has 2 aromatic rings. The van der Waals surface area contributed by atoms with E-state index in [1.165, 1.54) is 0 Å². The lowest BCUT2D eigenvalue weighted by atomic mass is 10.1. The first-order valence-electron chi connectivity index (χ1n) is 4.53. The Bertz CT molecular complexity index is 454. The molecule has 0 bridgehead atoms. The Labute approximate surface area is 82.4 Å². The Morgan fingerprint density at radius 2 is 2.21 bits per heavy atom. The fourth-order valence-corrected chi connectivity index (χ4v) is 1.56. The van der Waals surface area contributed by atoms with Crippen LogP contribution in [0.2, 0.25) is 0 Å². The van der Waals surface area contributed by atoms with E-state index in [1.807, 2.05) is 25.2 Å². The van der Waals surface area contributed by atoms with E-state index >= 15 is 0 Å². The van der Waals surface area contributed by atoms with Crippen molar-refractivity contribution in [1.82, 2.24) is 10.3 Å². The van der Waals surface area contributed by atoms with Gasteiger partial charge in [-0.3, -0.25) is 4.98 Å². The molecule has 1 aromatic carbocycles. The summed E-state index contributed by atoms with van der Waals surface area (Å²) in [5.41, 5.74) is 1.81. The lowest BCUT2D eigenvalue weighted by molar-refractivity contribution is 0.480. The molecule has 0 aliphatic heterocycles. The SMILES string of the molecule is CNCc1ccc(O)c2ncccc12. The Hall–Kier alpha value is -1.61. The molecule has 3 heteroatoms. The van der Waals surface area contributed by atoms with Gasteiger partial charge >= 0.3 is 0 Å². The molecule has 0 saturated heterocycles. The topological polar surface area (TPSA) is 45.1 Å². The quantitative estimate of drug-likeness (QED) is 0.753. The van der Waals surface area contributed by atoms with Gasteiger partial charge in [-0.25, -0.2) is 0 Å². The van der Waals surface area contributed by atoms with Gasteiger partial charge in [-0.1, -0.05) is 12.1 Å². The van der Waals surface area contributed by atoms with E-state index in [0.717, 1.165) is 17.5 Å². The molecule has 2 N–H and O–H groups in total. The maximum atomic E-state index is 9.58. The molecule has 72 valence electrons. The zero-order valence-electron chi connectivity index (χ0n) is 7.99. The Kier molecular flexibility index (Phi) is 2.33. The number of aromatic nitrogens is 1. The lowest BCUT2D eigenvalue weighted by Gasteiger charge is -2.06. The minimum absolute atomic E-state index is 0.237. The molecule has 14 heavy (non-hydrogen) atoms. The van der Waals surface area contributed by atoms with Crippen molar-refractivity contribution in [2.45, 2.75) is 6.54 Å². The van der Waals surface area contributed by atoms with Gasteiger partial charge in [-0.05, 0) is 24.7 Å². The lowest BCUT2D eigenvalue weighted by Crippen LogP contribution is -2.05. The summed E-state index contributed by atoms with van der Waals surface area (Å²) in [4.78, 5) is 4.15. The highest BCUT2D eigenvalue weighted by Crippen LogP contribution is 2.24. The molecule has 0 unspecified atom stereocenters. The molecular formula is C11H12N2O. The van der Waals surface area contributed by atoms with Crippen LogP contribution in [0, 0.1) is 0 Å². The van der Waals surface area contributed by atoms with Crippen LogP contribution in [-0.4, -0.2) is 17.1 Å². The van der Waals surface area contributed by atoms with Crippen molar-refractivity contribution in [3.05, 3.63) is 36.0 Å². The minimum Gasteiger partial charge on any atom is -0.506 e. The van der Waals surface area contributed by atoms with E-state index in [2.05, 4.69) is 10.3 Å². The number of aromatic hydroxyl groups is 1. The van der Waals surface area contributed by atoms with E-state index in [-0.39, 0.29) is 5.75 Å². The second kappa shape index (κ2) is 3.64. The highest BCUT2D eigenvalue weighted by atomic mass is 16.3. The molecule has 0 saturated carbocycles. The number of phenols is 1. The minimum atomic E-state index is 0.237. The third kappa shape index (κ3) is 1.42. The molecule has 2 rings (SSSR count). The van der Waals surface area contributed by atoms with Gasteiger partial charge in [0.1, 0.15) is 11.3 Å². The molecule has 3 nitrogen and oxygen atoms in total. The van der Waals surface area contributed by atoms with Crippen LogP contribution in [0.5, 0.6) is 5.75 Å². The molecule has 0 amide bonds. The summed E-state index contributed by atoms with van der Waals surface area (Å²) in [6, 6.07) is 7.44. The Balaban J connectivity index is 2.68. The third-order valence-electron chi connectivity index (χ3n) is 2.21. The number of phenolic OH excluding ortho intramolecular Hbond substituents is 1. The second-order valence-corrected chi connectivity index (χ2v) is 3.17. The summed E-state index contributed by atoms with van der Waals surface area (Å²) >= 11 is 0. The monoisotopic (exact) mass is 188 g/mol. The first-order chi connectivity index (χ1) is 6.83. The summed E-state index contributed by atoms with van der Waals surface area (Å²) in [6.07, 6.45) is 1.69. The van der Waals surface area contributed by atoms with E-state index in [4.69, 9.17) is 0 Å². The van der Waals surface area contributed by atoms with E-state index in [1.54, 1.807) is 12.3 Å². The molecule has 0 atom stereocenters. The van der Waals surface area contributed by atoms with Crippen molar-refractivity contribution >= 4 is 10.9 Å². The van der Waals surface area contributed by atoms with Gasteiger partial charge in [0.15, 0.2) is 0 Å². The van der Waals surface area contributed by atoms with Crippen molar-refractivity contribution in [1.29, 1.82) is 0 Å². The van der Waals surface area contributed by atoms with Crippen molar-refractivity contribution < 1.29 is 5.11 Å². The van der Waals surface area contributed by atoms with Crippen molar-refractivity contribution in [2.24, 2.45) is 0 Å². The molecular weight excluding hydrogens is 176 g/mol. The number of nitrogens with one attached hydrogen (secondary N) is 1. The molecule has 0 aliphatic carbocycles. The Morgan fingerprint density at radius 1 is 1.36 bits per heavy atom. The predicted molar refractivity (Wildman–Crippen MR) is 56.2 cm³/mol. The van der Waals surface area contributed by atoms with Crippen molar-refractivity contribution in [3.8, 4) is 5.75 Å². The smallest absolute Gasteiger partial charge is 0.141 e. The van der Waals surface area contributed by atoms with Gasteiger partial charge in [0.2, 0.25) is 0 Å². The van der Waals surface area contributed by atoms with Crippen molar-refractivity contribution in [3.63, 3.8) is 0 Å². The Morgan fingerprint density at radius 3 is 3.00 bits per heavy atom. The fraction of sp³-hybridized carbons (Fsp3) is 0.182. The highest BCUT2D eigenvalue weighted by Gasteiger charge is 2.04. The average Bonchev–Trinajstić information content (AvgIpc) is 2.23. The molecule has 0 spiro atoms. The fourth-order valence-electron chi connectivity index (χ4n) is 1.56. The molecule has 1 aromatic heterocycles. The van der Waals surface area contributed by atoms with Crippen LogP contribution >= 0.6 is 0 Å².